The fourth-order valence-corrected chi connectivity index (χ4v) is 11.1. The lowest BCUT2D eigenvalue weighted by molar-refractivity contribution is 0.0586. The molecule has 4 aliphatic heterocycles. The maximum atomic E-state index is 13.1. The zero-order valence-electron chi connectivity index (χ0n) is 38.2. The Morgan fingerprint density at radius 3 is 0.806 bits per heavy atom. The standard InChI is InChI=1S/C28H19Br2N3O4.C28H21N3O4/c29-21-9-7-19-23-15(21)3-1-5-17(23)25(34)32(27(19)36)13-11-31-12-14-33-26(35)18-6-2-4-16-22(30)10-8-20(24(16)18)28(33)37;32-25-19-9-1-5-17-6-2-10-20(23(17)19)26(33)30(25)15-13-29-14-16-31-27(34)21-11-3-7-18-8-4-12-22(24(18)21)28(31)35/h1-10,31H,11-14H2;1-12,29H,13-16H2. The average molecular weight is 1080 g/mol. The van der Waals surface area contributed by atoms with E-state index in [2.05, 4.69) is 42.5 Å². The van der Waals surface area contributed by atoms with Crippen molar-refractivity contribution in [2.45, 2.75) is 0 Å². The molecule has 0 saturated carbocycles. The van der Waals surface area contributed by atoms with Gasteiger partial charge in [-0.05, 0) is 82.2 Å². The molecular weight excluding hydrogens is 1040 g/mol. The molecule has 0 fully saturated rings. The van der Waals surface area contributed by atoms with Crippen molar-refractivity contribution in [2.75, 3.05) is 52.4 Å². The molecule has 4 heterocycles. The third-order valence-electron chi connectivity index (χ3n) is 13.6. The molecule has 356 valence electrons. The number of nitrogens with one attached hydrogen (secondary N) is 2. The predicted octanol–water partition coefficient (Wildman–Crippen LogP) is 8.47. The Hall–Kier alpha value is -7.76. The molecule has 72 heavy (non-hydrogen) atoms. The van der Waals surface area contributed by atoms with Gasteiger partial charge < -0.3 is 10.6 Å². The third-order valence-corrected chi connectivity index (χ3v) is 15.0. The number of hydrogen-bond acceptors (Lipinski definition) is 10. The highest BCUT2D eigenvalue weighted by Crippen LogP contribution is 2.37. The summed E-state index contributed by atoms with van der Waals surface area (Å²) in [4.78, 5) is 109. The van der Waals surface area contributed by atoms with Crippen molar-refractivity contribution in [3.63, 3.8) is 0 Å². The van der Waals surface area contributed by atoms with E-state index in [0.717, 1.165) is 30.5 Å². The zero-order valence-corrected chi connectivity index (χ0v) is 41.3. The van der Waals surface area contributed by atoms with Gasteiger partial charge in [0.2, 0.25) is 0 Å². The highest BCUT2D eigenvalue weighted by atomic mass is 79.9. The molecule has 4 aliphatic rings. The van der Waals surface area contributed by atoms with Crippen molar-refractivity contribution in [2.24, 2.45) is 0 Å². The molecule has 12 rings (SSSR count). The number of benzene rings is 8. The van der Waals surface area contributed by atoms with Gasteiger partial charge in [0.05, 0.1) is 0 Å². The number of halogens is 2. The Bertz CT molecular complexity index is 3360. The summed E-state index contributed by atoms with van der Waals surface area (Å²) >= 11 is 6.99. The summed E-state index contributed by atoms with van der Waals surface area (Å²) in [6.07, 6.45) is 0. The first-order valence-electron chi connectivity index (χ1n) is 23.3. The van der Waals surface area contributed by atoms with E-state index < -0.39 is 0 Å². The number of imide groups is 4. The molecule has 8 aromatic rings. The van der Waals surface area contributed by atoms with Crippen LogP contribution >= 0.6 is 31.9 Å². The van der Waals surface area contributed by atoms with Crippen molar-refractivity contribution >= 4 is 122 Å². The van der Waals surface area contributed by atoms with Gasteiger partial charge in [0.25, 0.3) is 47.3 Å². The second kappa shape index (κ2) is 18.8. The topological polar surface area (TPSA) is 174 Å². The van der Waals surface area contributed by atoms with Crippen LogP contribution in [0.5, 0.6) is 0 Å². The molecule has 0 atom stereocenters. The maximum absolute atomic E-state index is 13.1. The van der Waals surface area contributed by atoms with E-state index in [0.29, 0.717) is 92.2 Å². The lowest BCUT2D eigenvalue weighted by Gasteiger charge is -2.28. The highest BCUT2D eigenvalue weighted by molar-refractivity contribution is 9.11. The molecule has 0 spiro atoms. The van der Waals surface area contributed by atoms with Gasteiger partial charge in [0, 0.05) is 127 Å². The van der Waals surface area contributed by atoms with Crippen molar-refractivity contribution in [3.8, 4) is 0 Å². The molecule has 8 amide bonds. The first-order valence-corrected chi connectivity index (χ1v) is 24.9. The van der Waals surface area contributed by atoms with Gasteiger partial charge in [-0.1, -0.05) is 105 Å². The first kappa shape index (κ1) is 46.6. The molecule has 0 radical (unpaired) electrons. The number of carbonyl (C=O) groups is 8. The summed E-state index contributed by atoms with van der Waals surface area (Å²) < 4.78 is 1.66. The van der Waals surface area contributed by atoms with Gasteiger partial charge in [0.1, 0.15) is 0 Å². The van der Waals surface area contributed by atoms with Gasteiger partial charge in [0.15, 0.2) is 0 Å². The number of rotatable bonds is 12. The van der Waals surface area contributed by atoms with E-state index in [1.807, 2.05) is 72.8 Å². The Morgan fingerprint density at radius 2 is 0.528 bits per heavy atom. The van der Waals surface area contributed by atoms with Crippen molar-refractivity contribution in [1.29, 1.82) is 0 Å². The predicted molar refractivity (Wildman–Crippen MR) is 278 cm³/mol. The van der Waals surface area contributed by atoms with E-state index >= 15 is 0 Å². The van der Waals surface area contributed by atoms with Crippen LogP contribution in [0, 0.1) is 0 Å². The van der Waals surface area contributed by atoms with Gasteiger partial charge in [-0.2, -0.15) is 0 Å². The summed E-state index contributed by atoms with van der Waals surface area (Å²) in [5.74, 6) is -2.58. The number of hydrogen-bond donors (Lipinski definition) is 2. The Morgan fingerprint density at radius 1 is 0.292 bits per heavy atom. The van der Waals surface area contributed by atoms with Crippen molar-refractivity contribution < 1.29 is 38.4 Å². The van der Waals surface area contributed by atoms with Crippen LogP contribution in [0.1, 0.15) is 82.9 Å². The van der Waals surface area contributed by atoms with E-state index in [-0.39, 0.29) is 73.4 Å². The fraction of sp³-hybridized carbons (Fsp3) is 0.143. The number of nitrogens with zero attached hydrogens (tertiary/aromatic N) is 4. The molecule has 0 saturated heterocycles. The molecule has 0 aromatic heterocycles. The van der Waals surface area contributed by atoms with Crippen molar-refractivity contribution in [1.82, 2.24) is 30.2 Å². The van der Waals surface area contributed by atoms with Crippen LogP contribution in [0.25, 0.3) is 43.1 Å². The summed E-state index contributed by atoms with van der Waals surface area (Å²) in [7, 11) is 0. The highest BCUT2D eigenvalue weighted by Gasteiger charge is 2.36. The Kier molecular flexibility index (Phi) is 12.2. The van der Waals surface area contributed by atoms with Crippen LogP contribution in [-0.2, 0) is 0 Å². The van der Waals surface area contributed by atoms with Crippen LogP contribution in [0.4, 0.5) is 0 Å². The van der Waals surface area contributed by atoms with Gasteiger partial charge in [-0.25, -0.2) is 0 Å². The smallest absolute Gasteiger partial charge is 0.261 e. The summed E-state index contributed by atoms with van der Waals surface area (Å²) in [5.41, 5.74) is 4.08. The fourth-order valence-electron chi connectivity index (χ4n) is 10.2. The summed E-state index contributed by atoms with van der Waals surface area (Å²) in [6, 6.07) is 39.7. The minimum absolute atomic E-state index is 0.168. The normalized spacial score (nSPS) is 14.9. The monoisotopic (exact) mass is 1080 g/mol. The van der Waals surface area contributed by atoms with E-state index in [1.165, 1.54) is 19.6 Å². The van der Waals surface area contributed by atoms with Crippen LogP contribution in [0.2, 0.25) is 0 Å². The molecule has 16 heteroatoms. The van der Waals surface area contributed by atoms with Crippen LogP contribution < -0.4 is 10.6 Å². The van der Waals surface area contributed by atoms with E-state index in [1.54, 1.807) is 60.7 Å². The molecule has 2 N–H and O–H groups in total. The zero-order chi connectivity index (χ0) is 49.9. The number of amides is 8. The summed E-state index contributed by atoms with van der Waals surface area (Å²) in [6.45, 7) is 2.06. The molecule has 14 nitrogen and oxygen atoms in total. The Balaban J connectivity index is 0.000000156. The first-order chi connectivity index (χ1) is 34.9. The van der Waals surface area contributed by atoms with Crippen LogP contribution in [0.15, 0.2) is 142 Å². The largest absolute Gasteiger partial charge is 0.313 e. The second-order valence-corrected chi connectivity index (χ2v) is 19.3. The van der Waals surface area contributed by atoms with Crippen LogP contribution in [-0.4, -0.2) is 119 Å². The van der Waals surface area contributed by atoms with Gasteiger partial charge in [-0.3, -0.25) is 58.0 Å². The molecule has 8 aromatic carbocycles. The van der Waals surface area contributed by atoms with Gasteiger partial charge in [-0.15, -0.1) is 0 Å². The maximum Gasteiger partial charge on any atom is 0.261 e. The second-order valence-electron chi connectivity index (χ2n) is 17.6. The van der Waals surface area contributed by atoms with Gasteiger partial charge >= 0.3 is 0 Å². The SMILES string of the molecule is O=C1c2cccc3c(Br)ccc(c23)C(=O)N1CCNCCN1C(=O)c2cccc3c(Br)ccc(c23)C1=O.O=C1c2cccc3cccc(c23)C(=O)N1CCNCCN1C(=O)c2cccc3cccc(c23)C1=O. The lowest BCUT2D eigenvalue weighted by atomic mass is 9.94. The van der Waals surface area contributed by atoms with Crippen LogP contribution in [0.3, 0.4) is 0 Å². The summed E-state index contributed by atoms with van der Waals surface area (Å²) in [5, 5.41) is 12.5. The molecule has 0 unspecified atom stereocenters. The molecular formula is C56H40Br2N6O8. The molecule has 0 bridgehead atoms. The quantitative estimate of drug-likeness (QED) is 0.0893. The van der Waals surface area contributed by atoms with E-state index in [4.69, 9.17) is 0 Å². The Labute approximate surface area is 427 Å². The molecule has 0 aliphatic carbocycles. The number of carbonyl (C=O) groups excluding carboxylic acids is 8. The van der Waals surface area contributed by atoms with Crippen molar-refractivity contribution in [3.05, 3.63) is 187 Å². The van der Waals surface area contributed by atoms with E-state index in [9.17, 15) is 38.4 Å². The minimum atomic E-state index is -0.333. The average Bonchev–Trinajstić information content (AvgIpc) is 3.39. The minimum Gasteiger partial charge on any atom is -0.313 e. The third kappa shape index (κ3) is 7.69. The lowest BCUT2D eigenvalue weighted by Crippen LogP contribution is -2.46.